The highest BCUT2D eigenvalue weighted by molar-refractivity contribution is 7.88. The number of hydrogen-bond acceptors (Lipinski definition) is 7. The van der Waals surface area contributed by atoms with E-state index in [4.69, 9.17) is 23.2 Å². The molecule has 134 valence electrons. The van der Waals surface area contributed by atoms with Crippen LogP contribution < -0.4 is 15.4 Å². The van der Waals surface area contributed by atoms with Crippen LogP contribution in [-0.2, 0) is 29.3 Å². The van der Waals surface area contributed by atoms with Gasteiger partial charge in [0.05, 0.1) is 20.6 Å². The molecule has 1 unspecified atom stereocenters. The van der Waals surface area contributed by atoms with E-state index in [2.05, 4.69) is 24.5 Å². The van der Waals surface area contributed by atoms with Gasteiger partial charge in [0.2, 0.25) is 0 Å². The number of nitrogens with zero attached hydrogens (tertiary/aromatic N) is 1. The van der Waals surface area contributed by atoms with Crippen LogP contribution in [0.1, 0.15) is 6.42 Å². The average Bonchev–Trinajstić information content (AvgIpc) is 2.85. The maximum absolute atomic E-state index is 12.0. The molecule has 3 N–H and O–H groups in total. The van der Waals surface area contributed by atoms with Crippen molar-refractivity contribution in [2.75, 3.05) is 14.2 Å². The summed E-state index contributed by atoms with van der Waals surface area (Å²) in [6.07, 6.45) is -0.628. The number of esters is 2. The molecule has 1 aliphatic rings. The molecule has 0 saturated carbocycles. The largest absolute Gasteiger partial charge is 0.469 e. The van der Waals surface area contributed by atoms with E-state index in [0.29, 0.717) is 0 Å². The van der Waals surface area contributed by atoms with Crippen LogP contribution in [0, 0.1) is 0 Å². The Bertz CT molecular complexity index is 715. The maximum Gasteiger partial charge on any atom is 0.325 e. The Balaban J connectivity index is 3.07. The summed E-state index contributed by atoms with van der Waals surface area (Å²) in [6, 6.07) is -2.39. The molecule has 0 aromatic carbocycles. The molecule has 1 fully saturated rings. The number of amidine groups is 1. The lowest BCUT2D eigenvalue weighted by Gasteiger charge is -2.13. The molecule has 1 atom stereocenters. The van der Waals surface area contributed by atoms with Gasteiger partial charge in [0.15, 0.2) is 5.84 Å². The molecule has 0 aromatic heterocycles. The van der Waals surface area contributed by atoms with Crippen LogP contribution in [0.4, 0.5) is 4.79 Å². The van der Waals surface area contributed by atoms with E-state index in [9.17, 15) is 22.8 Å². The first-order chi connectivity index (χ1) is 11.1. The minimum atomic E-state index is -4.54. The highest BCUT2D eigenvalue weighted by atomic mass is 35.5. The zero-order valence-corrected chi connectivity index (χ0v) is 14.6. The lowest BCUT2D eigenvalue weighted by atomic mass is 10.2. The van der Waals surface area contributed by atoms with Crippen LogP contribution in [0.15, 0.2) is 14.6 Å². The second-order valence-electron chi connectivity index (χ2n) is 4.10. The average molecular weight is 403 g/mol. The summed E-state index contributed by atoms with van der Waals surface area (Å²) < 4.78 is 37.4. The third kappa shape index (κ3) is 5.63. The Morgan fingerprint density at radius 2 is 1.88 bits per heavy atom. The quantitative estimate of drug-likeness (QED) is 0.495. The van der Waals surface area contributed by atoms with Crippen molar-refractivity contribution < 1.29 is 32.3 Å². The first kappa shape index (κ1) is 20.2. The highest BCUT2D eigenvalue weighted by Gasteiger charge is 2.31. The Hall–Kier alpha value is -1.89. The van der Waals surface area contributed by atoms with Crippen molar-refractivity contribution in [3.8, 4) is 0 Å². The molecule has 14 heteroatoms. The van der Waals surface area contributed by atoms with Crippen LogP contribution in [0.3, 0.4) is 0 Å². The van der Waals surface area contributed by atoms with Crippen LogP contribution in [0.25, 0.3) is 0 Å². The van der Waals surface area contributed by atoms with Gasteiger partial charge in [-0.05, 0) is 0 Å². The monoisotopic (exact) mass is 402 g/mol. The zero-order valence-electron chi connectivity index (χ0n) is 12.3. The van der Waals surface area contributed by atoms with Crippen molar-refractivity contribution in [2.24, 2.45) is 4.40 Å². The van der Waals surface area contributed by atoms with Gasteiger partial charge in [-0.25, -0.2) is 4.79 Å². The second-order valence-corrected chi connectivity index (χ2v) is 6.42. The summed E-state index contributed by atoms with van der Waals surface area (Å²) in [4.78, 5) is 34.0. The van der Waals surface area contributed by atoms with Gasteiger partial charge in [-0.15, -0.1) is 4.40 Å². The Kier molecular flexibility index (Phi) is 6.95. The molecule has 1 heterocycles. The number of methoxy groups -OCH3 is 2. The van der Waals surface area contributed by atoms with Gasteiger partial charge in [0.25, 0.3) is 0 Å². The van der Waals surface area contributed by atoms with Crippen molar-refractivity contribution in [2.45, 2.75) is 12.5 Å². The van der Waals surface area contributed by atoms with E-state index in [1.54, 1.807) is 0 Å². The maximum atomic E-state index is 12.0. The summed E-state index contributed by atoms with van der Waals surface area (Å²) in [7, 11) is -2.48. The van der Waals surface area contributed by atoms with Crippen LogP contribution in [0.5, 0.6) is 0 Å². The van der Waals surface area contributed by atoms with E-state index in [1.807, 2.05) is 4.72 Å². The van der Waals surface area contributed by atoms with Crippen molar-refractivity contribution in [1.29, 1.82) is 0 Å². The smallest absolute Gasteiger partial charge is 0.325 e. The van der Waals surface area contributed by atoms with Gasteiger partial charge >= 0.3 is 28.2 Å². The topological polar surface area (TPSA) is 152 Å². The standard InChI is InChI=1S/C10H12Cl2N4O7S/c1-22-5(17)3-4(9(18)23-2)15-24(20,21)16-8-6(7(11)12)13-10(19)14-8/h4,15H,3H2,1-2H3,(H2,13,14,16,19). The van der Waals surface area contributed by atoms with Gasteiger partial charge in [-0.1, -0.05) is 23.2 Å². The molecule has 0 aliphatic carbocycles. The third-order valence-electron chi connectivity index (χ3n) is 2.48. The van der Waals surface area contributed by atoms with Gasteiger partial charge in [0.1, 0.15) is 16.2 Å². The van der Waals surface area contributed by atoms with E-state index in [-0.39, 0.29) is 5.70 Å². The number of halogens is 2. The first-order valence-corrected chi connectivity index (χ1v) is 8.19. The number of amides is 2. The number of carbonyl (C=O) groups excluding carboxylic acids is 3. The van der Waals surface area contributed by atoms with Gasteiger partial charge < -0.3 is 14.8 Å². The summed E-state index contributed by atoms with van der Waals surface area (Å²) in [5, 5.41) is 4.19. The van der Waals surface area contributed by atoms with E-state index < -0.39 is 51.0 Å². The molecule has 24 heavy (non-hydrogen) atoms. The van der Waals surface area contributed by atoms with E-state index >= 15 is 0 Å². The fraction of sp³-hybridized carbons (Fsp3) is 0.400. The van der Waals surface area contributed by atoms with Crippen LogP contribution >= 0.6 is 23.2 Å². The number of hydrogen-bond donors (Lipinski definition) is 3. The van der Waals surface area contributed by atoms with E-state index in [1.165, 1.54) is 0 Å². The normalized spacial score (nSPS) is 17.1. The molecule has 1 rings (SSSR count). The number of nitrogens with one attached hydrogen (secondary N) is 3. The lowest BCUT2D eigenvalue weighted by molar-refractivity contribution is -0.149. The number of rotatable bonds is 6. The minimum Gasteiger partial charge on any atom is -0.469 e. The molecule has 0 radical (unpaired) electrons. The number of ether oxygens (including phenoxy) is 2. The fourth-order valence-electron chi connectivity index (χ4n) is 1.47. The minimum absolute atomic E-state index is 0.267. The predicted molar refractivity (Wildman–Crippen MR) is 82.3 cm³/mol. The summed E-state index contributed by atoms with van der Waals surface area (Å²) >= 11 is 11.0. The van der Waals surface area contributed by atoms with E-state index in [0.717, 1.165) is 14.2 Å². The SMILES string of the molecule is COC(=O)CC(NS(=O)(=O)/N=C1\NC(=O)NC1=C(Cl)Cl)C(=O)OC. The summed E-state index contributed by atoms with van der Waals surface area (Å²) in [6.45, 7) is 0. The third-order valence-corrected chi connectivity index (χ3v) is 3.87. The fourth-order valence-corrected chi connectivity index (χ4v) is 2.71. The summed E-state index contributed by atoms with van der Waals surface area (Å²) in [5.74, 6) is -2.39. The predicted octanol–water partition coefficient (Wildman–Crippen LogP) is -0.716. The van der Waals surface area contributed by atoms with Crippen LogP contribution in [0.2, 0.25) is 0 Å². The number of urea groups is 1. The Morgan fingerprint density at radius 1 is 1.25 bits per heavy atom. The Labute approximate surface area is 146 Å². The van der Waals surface area contributed by atoms with Gasteiger partial charge in [0, 0.05) is 0 Å². The highest BCUT2D eigenvalue weighted by Crippen LogP contribution is 2.16. The molecular weight excluding hydrogens is 391 g/mol. The van der Waals surface area contributed by atoms with Gasteiger partial charge in [-0.3, -0.25) is 14.9 Å². The van der Waals surface area contributed by atoms with Crippen molar-refractivity contribution in [3.63, 3.8) is 0 Å². The van der Waals surface area contributed by atoms with Gasteiger partial charge in [-0.2, -0.15) is 13.1 Å². The molecular formula is C10H12Cl2N4O7S. The van der Waals surface area contributed by atoms with Crippen molar-refractivity contribution in [3.05, 3.63) is 10.2 Å². The lowest BCUT2D eigenvalue weighted by Crippen LogP contribution is -2.42. The zero-order chi connectivity index (χ0) is 18.5. The number of carbonyl (C=O) groups is 3. The van der Waals surface area contributed by atoms with Crippen LogP contribution in [-0.4, -0.2) is 52.5 Å². The first-order valence-electron chi connectivity index (χ1n) is 6.00. The Morgan fingerprint density at radius 3 is 2.38 bits per heavy atom. The molecule has 1 aliphatic heterocycles. The second kappa shape index (κ2) is 8.28. The molecule has 0 aromatic rings. The summed E-state index contributed by atoms with van der Waals surface area (Å²) in [5.41, 5.74) is -0.267. The molecule has 0 bridgehead atoms. The molecule has 0 spiro atoms. The molecule has 11 nitrogen and oxygen atoms in total. The van der Waals surface area contributed by atoms with Crippen molar-refractivity contribution >= 4 is 57.2 Å². The van der Waals surface area contributed by atoms with Crippen molar-refractivity contribution in [1.82, 2.24) is 15.4 Å². The molecule has 2 amide bonds. The molecule has 1 saturated heterocycles.